The molecule has 0 radical (unpaired) electrons. The summed E-state index contributed by atoms with van der Waals surface area (Å²) in [5, 5.41) is 21.2. The van der Waals surface area contributed by atoms with Crippen molar-refractivity contribution in [2.45, 2.75) is 26.1 Å². The van der Waals surface area contributed by atoms with Crippen molar-refractivity contribution in [3.05, 3.63) is 46.2 Å². The highest BCUT2D eigenvalue weighted by atomic mass is 79.9. The van der Waals surface area contributed by atoms with E-state index in [0.717, 1.165) is 22.3 Å². The summed E-state index contributed by atoms with van der Waals surface area (Å²) in [6.45, 7) is 3.94. The van der Waals surface area contributed by atoms with Crippen molar-refractivity contribution < 1.29 is 5.11 Å². The third-order valence-corrected chi connectivity index (χ3v) is 3.63. The van der Waals surface area contributed by atoms with E-state index in [4.69, 9.17) is 0 Å². The van der Waals surface area contributed by atoms with Gasteiger partial charge in [-0.2, -0.15) is 0 Å². The number of aryl methyl sites for hydroxylation is 1. The number of nitrogens with zero attached hydrogens (tertiary/aromatic N) is 3. The highest BCUT2D eigenvalue weighted by Gasteiger charge is 2.10. The Hall–Kier alpha value is -1.24. The third-order valence-electron chi connectivity index (χ3n) is 2.91. The molecule has 0 bridgehead atoms. The zero-order valence-corrected chi connectivity index (χ0v) is 12.3. The van der Waals surface area contributed by atoms with Crippen LogP contribution in [0.15, 0.2) is 34.9 Å². The lowest BCUT2D eigenvalue weighted by Crippen LogP contribution is -2.22. The molecule has 5 nitrogen and oxygen atoms in total. The van der Waals surface area contributed by atoms with E-state index >= 15 is 0 Å². The van der Waals surface area contributed by atoms with E-state index in [0.29, 0.717) is 13.1 Å². The molecule has 19 heavy (non-hydrogen) atoms. The van der Waals surface area contributed by atoms with Gasteiger partial charge >= 0.3 is 0 Å². The maximum Gasteiger partial charge on any atom is 0.0925 e. The fraction of sp³-hybridized carbons (Fsp3) is 0.385. The predicted octanol–water partition coefficient (Wildman–Crippen LogP) is 1.88. The highest BCUT2D eigenvalue weighted by Crippen LogP contribution is 2.22. The number of nitrogens with one attached hydrogen (secondary N) is 1. The summed E-state index contributed by atoms with van der Waals surface area (Å²) in [5.74, 6) is 0. The number of benzene rings is 1. The molecular weight excluding hydrogens is 308 g/mol. The molecule has 2 aromatic rings. The van der Waals surface area contributed by atoms with Crippen LogP contribution < -0.4 is 5.32 Å². The summed E-state index contributed by atoms with van der Waals surface area (Å²) in [6.07, 6.45) is 1.20. The van der Waals surface area contributed by atoms with Crippen molar-refractivity contribution in [3.63, 3.8) is 0 Å². The van der Waals surface area contributed by atoms with Crippen molar-refractivity contribution in [1.82, 2.24) is 20.3 Å². The minimum absolute atomic E-state index is 0.484. The largest absolute Gasteiger partial charge is 0.387 e. The second-order valence-electron chi connectivity index (χ2n) is 4.21. The Kier molecular flexibility index (Phi) is 5.07. The van der Waals surface area contributed by atoms with Crippen LogP contribution >= 0.6 is 15.9 Å². The Labute approximate surface area is 120 Å². The first-order chi connectivity index (χ1) is 9.22. The molecule has 102 valence electrons. The van der Waals surface area contributed by atoms with Crippen molar-refractivity contribution in [2.24, 2.45) is 0 Å². The molecule has 2 rings (SSSR count). The van der Waals surface area contributed by atoms with Crippen molar-refractivity contribution in [1.29, 1.82) is 0 Å². The van der Waals surface area contributed by atoms with E-state index in [9.17, 15) is 5.11 Å². The van der Waals surface area contributed by atoms with Crippen molar-refractivity contribution in [3.8, 4) is 0 Å². The van der Waals surface area contributed by atoms with Gasteiger partial charge < -0.3 is 10.4 Å². The number of hydrogen-bond acceptors (Lipinski definition) is 4. The first-order valence-electron chi connectivity index (χ1n) is 6.23. The summed E-state index contributed by atoms with van der Waals surface area (Å²) >= 11 is 3.44. The first kappa shape index (κ1) is 14.2. The average Bonchev–Trinajstić information content (AvgIpc) is 2.86. The number of aromatic nitrogens is 3. The normalized spacial score (nSPS) is 12.6. The Balaban J connectivity index is 1.88. The maximum absolute atomic E-state index is 10.1. The number of hydrogen-bond donors (Lipinski definition) is 2. The predicted molar refractivity (Wildman–Crippen MR) is 76.5 cm³/mol. The van der Waals surface area contributed by atoms with Gasteiger partial charge in [-0.05, 0) is 18.6 Å². The monoisotopic (exact) mass is 324 g/mol. The van der Waals surface area contributed by atoms with E-state index < -0.39 is 6.10 Å². The lowest BCUT2D eigenvalue weighted by atomic mass is 10.1. The van der Waals surface area contributed by atoms with Gasteiger partial charge in [0.25, 0.3) is 0 Å². The van der Waals surface area contributed by atoms with Crippen LogP contribution in [0.4, 0.5) is 0 Å². The molecule has 0 amide bonds. The van der Waals surface area contributed by atoms with Crippen LogP contribution in [0.5, 0.6) is 0 Å². The number of halogens is 1. The van der Waals surface area contributed by atoms with E-state index in [-0.39, 0.29) is 0 Å². The van der Waals surface area contributed by atoms with Crippen LogP contribution in [0, 0.1) is 0 Å². The van der Waals surface area contributed by atoms with Crippen LogP contribution in [-0.2, 0) is 13.1 Å². The van der Waals surface area contributed by atoms with Gasteiger partial charge in [0.2, 0.25) is 0 Å². The van der Waals surface area contributed by atoms with Gasteiger partial charge in [0, 0.05) is 24.1 Å². The molecule has 6 heteroatoms. The zero-order chi connectivity index (χ0) is 13.7. The summed E-state index contributed by atoms with van der Waals surface area (Å²) in [4.78, 5) is 0. The van der Waals surface area contributed by atoms with Gasteiger partial charge in [-0.15, -0.1) is 5.10 Å². The van der Waals surface area contributed by atoms with Crippen molar-refractivity contribution in [2.75, 3.05) is 6.54 Å². The smallest absolute Gasteiger partial charge is 0.0925 e. The van der Waals surface area contributed by atoms with Gasteiger partial charge in [-0.3, -0.25) is 0 Å². The van der Waals surface area contributed by atoms with E-state index in [1.165, 1.54) is 0 Å². The third kappa shape index (κ3) is 3.62. The van der Waals surface area contributed by atoms with Crippen LogP contribution in [-0.4, -0.2) is 26.6 Å². The van der Waals surface area contributed by atoms with E-state index in [1.807, 2.05) is 35.9 Å². The summed E-state index contributed by atoms with van der Waals surface area (Å²) in [5.41, 5.74) is 1.90. The van der Waals surface area contributed by atoms with Crippen molar-refractivity contribution >= 4 is 15.9 Å². The van der Waals surface area contributed by atoms with E-state index in [2.05, 4.69) is 31.6 Å². The minimum atomic E-state index is -0.540. The summed E-state index contributed by atoms with van der Waals surface area (Å²) in [7, 11) is 0. The number of rotatable bonds is 6. The molecule has 1 aromatic heterocycles. The molecule has 0 saturated heterocycles. The fourth-order valence-corrected chi connectivity index (χ4v) is 2.42. The zero-order valence-electron chi connectivity index (χ0n) is 10.8. The van der Waals surface area contributed by atoms with Gasteiger partial charge in [-0.1, -0.05) is 39.3 Å². The van der Waals surface area contributed by atoms with Gasteiger partial charge in [-0.25, -0.2) is 4.68 Å². The minimum Gasteiger partial charge on any atom is -0.387 e. The molecule has 0 aliphatic heterocycles. The summed E-state index contributed by atoms with van der Waals surface area (Å²) in [6, 6.07) is 7.68. The quantitative estimate of drug-likeness (QED) is 0.851. The standard InChI is InChI=1S/C13H17BrN4O/c1-2-18-10(8-16-17-18)7-15-9-13(19)11-5-3-4-6-12(11)14/h3-6,8,13,15,19H,2,7,9H2,1H3. The molecule has 1 heterocycles. The lowest BCUT2D eigenvalue weighted by molar-refractivity contribution is 0.173. The molecule has 0 fully saturated rings. The Bertz CT molecular complexity index is 529. The Morgan fingerprint density at radius 1 is 1.42 bits per heavy atom. The molecule has 0 aliphatic carbocycles. The van der Waals surface area contributed by atoms with Gasteiger partial charge in [0.1, 0.15) is 0 Å². The second-order valence-corrected chi connectivity index (χ2v) is 5.06. The van der Waals surface area contributed by atoms with Gasteiger partial charge in [0.15, 0.2) is 0 Å². The molecular formula is C13H17BrN4O. The van der Waals surface area contributed by atoms with Crippen LogP contribution in [0.25, 0.3) is 0 Å². The number of aliphatic hydroxyl groups is 1. The van der Waals surface area contributed by atoms with Crippen LogP contribution in [0.3, 0.4) is 0 Å². The lowest BCUT2D eigenvalue weighted by Gasteiger charge is -2.13. The molecule has 0 saturated carbocycles. The van der Waals surface area contributed by atoms with Gasteiger partial charge in [0.05, 0.1) is 18.0 Å². The molecule has 0 aliphatic rings. The second kappa shape index (κ2) is 6.79. The van der Waals surface area contributed by atoms with Crippen LogP contribution in [0.1, 0.15) is 24.3 Å². The average molecular weight is 325 g/mol. The maximum atomic E-state index is 10.1. The molecule has 0 spiro atoms. The Morgan fingerprint density at radius 3 is 2.95 bits per heavy atom. The number of aliphatic hydroxyl groups excluding tert-OH is 1. The molecule has 1 unspecified atom stereocenters. The first-order valence-corrected chi connectivity index (χ1v) is 7.02. The SMILES string of the molecule is CCn1nncc1CNCC(O)c1ccccc1Br. The molecule has 1 atom stereocenters. The fourth-order valence-electron chi connectivity index (χ4n) is 1.87. The van der Waals surface area contributed by atoms with Crippen LogP contribution in [0.2, 0.25) is 0 Å². The summed E-state index contributed by atoms with van der Waals surface area (Å²) < 4.78 is 2.75. The molecule has 1 aromatic carbocycles. The van der Waals surface area contributed by atoms with E-state index in [1.54, 1.807) is 6.20 Å². The highest BCUT2D eigenvalue weighted by molar-refractivity contribution is 9.10. The topological polar surface area (TPSA) is 63.0 Å². The Morgan fingerprint density at radius 2 is 2.21 bits per heavy atom. The molecule has 2 N–H and O–H groups in total.